The second-order valence-electron chi connectivity index (χ2n) is 3.04. The zero-order chi connectivity index (χ0) is 9.90. The van der Waals surface area contributed by atoms with E-state index in [1.807, 2.05) is 6.92 Å². The monoisotopic (exact) mass is 181 g/mol. The summed E-state index contributed by atoms with van der Waals surface area (Å²) in [5.74, 6) is -1.22. The molecule has 1 unspecified atom stereocenters. The van der Waals surface area contributed by atoms with Crippen LogP contribution in [0.1, 0.15) is 19.4 Å². The molecule has 0 spiro atoms. The first-order valence-corrected chi connectivity index (χ1v) is 4.28. The van der Waals surface area contributed by atoms with E-state index in [0.29, 0.717) is 17.9 Å². The van der Waals surface area contributed by atoms with Crippen molar-refractivity contribution in [3.8, 4) is 0 Å². The number of aliphatic hydroxyl groups is 1. The maximum Gasteiger partial charge on any atom is 0.189 e. The van der Waals surface area contributed by atoms with Crippen molar-refractivity contribution in [2.75, 3.05) is 12.3 Å². The first-order valence-electron chi connectivity index (χ1n) is 4.28. The van der Waals surface area contributed by atoms with Gasteiger partial charge in [0.2, 0.25) is 0 Å². The fourth-order valence-corrected chi connectivity index (χ4v) is 1.16. The molecule has 3 N–H and O–H groups in total. The van der Waals surface area contributed by atoms with Gasteiger partial charge in [-0.3, -0.25) is 0 Å². The quantitative estimate of drug-likeness (QED) is 0.548. The van der Waals surface area contributed by atoms with E-state index in [1.165, 1.54) is 0 Å². The van der Waals surface area contributed by atoms with Gasteiger partial charge in [0.15, 0.2) is 5.79 Å². The number of hydrogen-bond acceptors (Lipinski definition) is 3. The highest BCUT2D eigenvalue weighted by Gasteiger charge is 2.22. The van der Waals surface area contributed by atoms with Gasteiger partial charge in [0, 0.05) is 17.9 Å². The fourth-order valence-electron chi connectivity index (χ4n) is 1.16. The molecule has 0 amide bonds. The summed E-state index contributed by atoms with van der Waals surface area (Å²) in [7, 11) is 0. The zero-order valence-electron chi connectivity index (χ0n) is 7.95. The highest BCUT2D eigenvalue weighted by molar-refractivity contribution is 5.40. The van der Waals surface area contributed by atoms with Gasteiger partial charge in [-0.15, -0.1) is 0 Å². The van der Waals surface area contributed by atoms with E-state index in [2.05, 4.69) is 0 Å². The van der Waals surface area contributed by atoms with E-state index in [1.54, 1.807) is 31.2 Å². The first-order chi connectivity index (χ1) is 6.06. The Balaban J connectivity index is 2.87. The molecule has 72 valence electrons. The van der Waals surface area contributed by atoms with Gasteiger partial charge in [-0.1, -0.05) is 12.1 Å². The largest absolute Gasteiger partial charge is 0.399 e. The van der Waals surface area contributed by atoms with Gasteiger partial charge in [-0.25, -0.2) is 0 Å². The number of rotatable bonds is 3. The van der Waals surface area contributed by atoms with Crippen molar-refractivity contribution in [1.29, 1.82) is 0 Å². The predicted molar refractivity (Wildman–Crippen MR) is 52.1 cm³/mol. The van der Waals surface area contributed by atoms with Crippen LogP contribution in [-0.2, 0) is 10.5 Å². The molecule has 0 saturated heterocycles. The van der Waals surface area contributed by atoms with Gasteiger partial charge in [0.05, 0.1) is 0 Å². The van der Waals surface area contributed by atoms with Crippen molar-refractivity contribution in [2.45, 2.75) is 19.6 Å². The summed E-state index contributed by atoms with van der Waals surface area (Å²) >= 11 is 0. The van der Waals surface area contributed by atoms with E-state index >= 15 is 0 Å². The minimum Gasteiger partial charge on any atom is -0.399 e. The fraction of sp³-hybridized carbons (Fsp3) is 0.400. The number of ether oxygens (including phenoxy) is 1. The SMILES string of the molecule is CCOC(C)(O)c1ccc(N)cc1. The number of nitrogens with two attached hydrogens (primary N) is 1. The van der Waals surface area contributed by atoms with E-state index in [4.69, 9.17) is 10.5 Å². The van der Waals surface area contributed by atoms with Gasteiger partial charge in [-0.2, -0.15) is 0 Å². The normalized spacial score (nSPS) is 15.3. The third kappa shape index (κ3) is 2.44. The molecular formula is C10H15NO2. The molecule has 3 nitrogen and oxygen atoms in total. The smallest absolute Gasteiger partial charge is 0.189 e. The predicted octanol–water partition coefficient (Wildman–Crippen LogP) is 1.47. The molecule has 3 heteroatoms. The molecule has 0 aliphatic rings. The summed E-state index contributed by atoms with van der Waals surface area (Å²) < 4.78 is 5.17. The number of nitrogen functional groups attached to an aromatic ring is 1. The molecule has 1 aromatic rings. The lowest BCUT2D eigenvalue weighted by Crippen LogP contribution is -2.25. The van der Waals surface area contributed by atoms with Crippen molar-refractivity contribution in [2.24, 2.45) is 0 Å². The van der Waals surface area contributed by atoms with Crippen molar-refractivity contribution >= 4 is 5.69 Å². The zero-order valence-corrected chi connectivity index (χ0v) is 7.95. The Morgan fingerprint density at radius 3 is 2.38 bits per heavy atom. The van der Waals surface area contributed by atoms with Gasteiger partial charge in [-0.05, 0) is 26.0 Å². The van der Waals surface area contributed by atoms with Gasteiger partial charge in [0.1, 0.15) is 0 Å². The Morgan fingerprint density at radius 1 is 1.38 bits per heavy atom. The van der Waals surface area contributed by atoms with Crippen LogP contribution < -0.4 is 5.73 Å². The Morgan fingerprint density at radius 2 is 1.92 bits per heavy atom. The van der Waals surface area contributed by atoms with Crippen LogP contribution in [0.25, 0.3) is 0 Å². The maximum atomic E-state index is 9.81. The molecule has 0 fully saturated rings. The Bertz CT molecular complexity index is 267. The summed E-state index contributed by atoms with van der Waals surface area (Å²) in [6.45, 7) is 3.92. The van der Waals surface area contributed by atoms with Gasteiger partial charge >= 0.3 is 0 Å². The molecule has 13 heavy (non-hydrogen) atoms. The average Bonchev–Trinajstić information content (AvgIpc) is 2.05. The molecule has 1 atom stereocenters. The summed E-state index contributed by atoms with van der Waals surface area (Å²) in [5, 5.41) is 9.81. The Hall–Kier alpha value is -1.06. The highest BCUT2D eigenvalue weighted by Crippen LogP contribution is 2.22. The lowest BCUT2D eigenvalue weighted by Gasteiger charge is -2.23. The van der Waals surface area contributed by atoms with Crippen molar-refractivity contribution in [1.82, 2.24) is 0 Å². The molecular weight excluding hydrogens is 166 g/mol. The Kier molecular flexibility index (Phi) is 2.90. The second-order valence-corrected chi connectivity index (χ2v) is 3.04. The topological polar surface area (TPSA) is 55.5 Å². The van der Waals surface area contributed by atoms with Crippen LogP contribution in [0, 0.1) is 0 Å². The molecule has 0 aromatic heterocycles. The second kappa shape index (κ2) is 3.77. The average molecular weight is 181 g/mol. The third-order valence-electron chi connectivity index (χ3n) is 1.87. The molecule has 0 bridgehead atoms. The number of anilines is 1. The first kappa shape index (κ1) is 10.0. The van der Waals surface area contributed by atoms with E-state index in [0.717, 1.165) is 0 Å². The van der Waals surface area contributed by atoms with Crippen LogP contribution in [0.3, 0.4) is 0 Å². The van der Waals surface area contributed by atoms with Crippen LogP contribution in [0.4, 0.5) is 5.69 Å². The lowest BCUT2D eigenvalue weighted by molar-refractivity contribution is -0.195. The minimum absolute atomic E-state index is 0.470. The van der Waals surface area contributed by atoms with E-state index < -0.39 is 5.79 Å². The van der Waals surface area contributed by atoms with Crippen LogP contribution in [0.5, 0.6) is 0 Å². The van der Waals surface area contributed by atoms with Crippen molar-refractivity contribution in [3.05, 3.63) is 29.8 Å². The standard InChI is InChI=1S/C10H15NO2/c1-3-13-10(2,12)8-4-6-9(11)7-5-8/h4-7,12H,3,11H2,1-2H3. The molecule has 1 rings (SSSR count). The Labute approximate surface area is 78.1 Å². The van der Waals surface area contributed by atoms with E-state index in [-0.39, 0.29) is 0 Å². The molecule has 0 aliphatic heterocycles. The number of benzene rings is 1. The molecule has 0 aliphatic carbocycles. The maximum absolute atomic E-state index is 9.81. The molecule has 0 heterocycles. The lowest BCUT2D eigenvalue weighted by atomic mass is 10.1. The molecule has 0 saturated carbocycles. The highest BCUT2D eigenvalue weighted by atomic mass is 16.6. The van der Waals surface area contributed by atoms with E-state index in [9.17, 15) is 5.11 Å². The minimum atomic E-state index is -1.22. The summed E-state index contributed by atoms with van der Waals surface area (Å²) in [5.41, 5.74) is 6.91. The van der Waals surface area contributed by atoms with Crippen LogP contribution in [0.2, 0.25) is 0 Å². The third-order valence-corrected chi connectivity index (χ3v) is 1.87. The summed E-state index contributed by atoms with van der Waals surface area (Å²) in [6.07, 6.45) is 0. The van der Waals surface area contributed by atoms with Crippen LogP contribution in [0.15, 0.2) is 24.3 Å². The molecule has 1 aromatic carbocycles. The van der Waals surface area contributed by atoms with Crippen LogP contribution >= 0.6 is 0 Å². The van der Waals surface area contributed by atoms with Crippen molar-refractivity contribution in [3.63, 3.8) is 0 Å². The van der Waals surface area contributed by atoms with Crippen LogP contribution in [-0.4, -0.2) is 11.7 Å². The molecule has 0 radical (unpaired) electrons. The van der Waals surface area contributed by atoms with Crippen molar-refractivity contribution < 1.29 is 9.84 Å². The number of hydrogen-bond donors (Lipinski definition) is 2. The van der Waals surface area contributed by atoms with Gasteiger partial charge < -0.3 is 15.6 Å². The van der Waals surface area contributed by atoms with Gasteiger partial charge in [0.25, 0.3) is 0 Å². The summed E-state index contributed by atoms with van der Waals surface area (Å²) in [6, 6.07) is 6.99. The summed E-state index contributed by atoms with van der Waals surface area (Å²) in [4.78, 5) is 0.